The number of aryl methyl sites for hydroxylation is 1. The predicted octanol–water partition coefficient (Wildman–Crippen LogP) is 5.20. The van der Waals surface area contributed by atoms with Crippen LogP contribution in [0, 0.1) is 5.41 Å². The standard InChI is InChI=1S/C30H31F3N4O3S/c31-30(32,33)25-3-1-2-4-27(25)41(39,40)35-26-8-7-21-5-6-22(19-24(21)26)28(38)37-18-13-29(20-37)11-16-36(17-12-29)23-9-14-34-15-10-23/h1-6,9-10,14-15,19,26,35H,7-8,11-13,16-18,20H2/t26-/m1/s1. The average molecular weight is 585 g/mol. The molecule has 11 heteroatoms. The zero-order valence-corrected chi connectivity index (χ0v) is 23.2. The summed E-state index contributed by atoms with van der Waals surface area (Å²) in [4.78, 5) is 21.1. The van der Waals surface area contributed by atoms with Gasteiger partial charge in [0.05, 0.1) is 10.5 Å². The van der Waals surface area contributed by atoms with Crippen LogP contribution < -0.4 is 9.62 Å². The number of fused-ring (bicyclic) bond motifs is 1. The quantitative estimate of drug-likeness (QED) is 0.446. The Bertz CT molecular complexity index is 1550. The second-order valence-corrected chi connectivity index (χ2v) is 13.0. The number of hydrogen-bond donors (Lipinski definition) is 1. The summed E-state index contributed by atoms with van der Waals surface area (Å²) in [5.74, 6) is -0.0998. The Morgan fingerprint density at radius 1 is 0.976 bits per heavy atom. The molecule has 2 fully saturated rings. The van der Waals surface area contributed by atoms with Gasteiger partial charge in [-0.05, 0) is 85.0 Å². The van der Waals surface area contributed by atoms with E-state index in [1.54, 1.807) is 24.5 Å². The van der Waals surface area contributed by atoms with Crippen molar-refractivity contribution in [3.8, 4) is 0 Å². The van der Waals surface area contributed by atoms with Gasteiger partial charge < -0.3 is 9.80 Å². The third-order valence-electron chi connectivity index (χ3n) is 8.83. The minimum absolute atomic E-state index is 0.0833. The van der Waals surface area contributed by atoms with Crippen LogP contribution in [-0.4, -0.2) is 50.4 Å². The molecular formula is C30H31F3N4O3S. The van der Waals surface area contributed by atoms with Gasteiger partial charge in [0.1, 0.15) is 0 Å². The molecule has 1 aliphatic carbocycles. The molecule has 0 unspecified atom stereocenters. The summed E-state index contributed by atoms with van der Waals surface area (Å²) < 4.78 is 69.2. The number of benzene rings is 2. The Labute approximate surface area is 237 Å². The largest absolute Gasteiger partial charge is 0.417 e. The van der Waals surface area contributed by atoms with Crippen LogP contribution in [0.2, 0.25) is 0 Å². The summed E-state index contributed by atoms with van der Waals surface area (Å²) in [5, 5.41) is 0. The molecule has 7 nitrogen and oxygen atoms in total. The monoisotopic (exact) mass is 584 g/mol. The van der Waals surface area contributed by atoms with Crippen LogP contribution in [-0.2, 0) is 22.6 Å². The molecule has 6 rings (SSSR count). The van der Waals surface area contributed by atoms with Crippen molar-refractivity contribution in [2.45, 2.75) is 49.2 Å². The lowest BCUT2D eigenvalue weighted by Crippen LogP contribution is -2.42. The maximum atomic E-state index is 13.6. The highest BCUT2D eigenvalue weighted by atomic mass is 32.2. The van der Waals surface area contributed by atoms with Crippen molar-refractivity contribution in [3.63, 3.8) is 0 Å². The molecule has 2 aromatic carbocycles. The van der Waals surface area contributed by atoms with E-state index in [-0.39, 0.29) is 11.3 Å². The van der Waals surface area contributed by atoms with Gasteiger partial charge in [0.15, 0.2) is 0 Å². The maximum Gasteiger partial charge on any atom is 0.417 e. The first-order valence-corrected chi connectivity index (χ1v) is 15.3. The Hall–Kier alpha value is -3.44. The summed E-state index contributed by atoms with van der Waals surface area (Å²) in [6.07, 6.45) is 2.68. The number of nitrogens with zero attached hydrogens (tertiary/aromatic N) is 3. The Morgan fingerprint density at radius 2 is 1.68 bits per heavy atom. The van der Waals surface area contributed by atoms with Gasteiger partial charge >= 0.3 is 6.18 Å². The molecule has 1 N–H and O–H groups in total. The fourth-order valence-electron chi connectivity index (χ4n) is 6.54. The predicted molar refractivity (Wildman–Crippen MR) is 148 cm³/mol. The molecule has 1 amide bonds. The molecule has 2 aliphatic heterocycles. The normalized spacial score (nSPS) is 20.4. The van der Waals surface area contributed by atoms with E-state index in [4.69, 9.17) is 0 Å². The fourth-order valence-corrected chi connectivity index (χ4v) is 8.01. The fraction of sp³-hybridized carbons (Fsp3) is 0.400. The molecule has 0 saturated carbocycles. The molecule has 3 heterocycles. The average Bonchev–Trinajstić information content (AvgIpc) is 3.57. The van der Waals surface area contributed by atoms with Crippen molar-refractivity contribution in [3.05, 3.63) is 89.2 Å². The first-order chi connectivity index (χ1) is 19.5. The number of carbonyl (C=O) groups is 1. The molecule has 216 valence electrons. The minimum Gasteiger partial charge on any atom is -0.371 e. The molecule has 3 aliphatic rings. The van der Waals surface area contributed by atoms with Crippen molar-refractivity contribution in [1.29, 1.82) is 0 Å². The first kappa shape index (κ1) is 27.7. The van der Waals surface area contributed by atoms with Crippen LogP contribution in [0.1, 0.15) is 58.8 Å². The van der Waals surface area contributed by atoms with Crippen LogP contribution in [0.5, 0.6) is 0 Å². The summed E-state index contributed by atoms with van der Waals surface area (Å²) >= 11 is 0. The maximum absolute atomic E-state index is 13.6. The van der Waals surface area contributed by atoms with E-state index in [0.717, 1.165) is 61.8 Å². The lowest BCUT2D eigenvalue weighted by Gasteiger charge is -2.40. The van der Waals surface area contributed by atoms with E-state index in [1.807, 2.05) is 23.1 Å². The number of aromatic nitrogens is 1. The minimum atomic E-state index is -4.80. The third kappa shape index (κ3) is 5.44. The summed E-state index contributed by atoms with van der Waals surface area (Å²) in [6.45, 7) is 3.18. The van der Waals surface area contributed by atoms with Gasteiger partial charge in [0.2, 0.25) is 10.0 Å². The van der Waals surface area contributed by atoms with Gasteiger partial charge in [-0.25, -0.2) is 13.1 Å². The molecule has 0 radical (unpaired) electrons. The zero-order valence-electron chi connectivity index (χ0n) is 22.4. The molecule has 0 bridgehead atoms. The van der Waals surface area contributed by atoms with Crippen molar-refractivity contribution in [1.82, 2.24) is 14.6 Å². The second-order valence-electron chi connectivity index (χ2n) is 11.3. The van der Waals surface area contributed by atoms with Crippen LogP contribution in [0.25, 0.3) is 0 Å². The van der Waals surface area contributed by atoms with E-state index < -0.39 is 32.7 Å². The van der Waals surface area contributed by atoms with Crippen LogP contribution >= 0.6 is 0 Å². The molecule has 2 saturated heterocycles. The Kier molecular flexibility index (Phi) is 7.05. The number of piperidine rings is 1. The summed E-state index contributed by atoms with van der Waals surface area (Å²) in [7, 11) is -4.47. The molecule has 3 aromatic rings. The van der Waals surface area contributed by atoms with E-state index >= 15 is 0 Å². The van der Waals surface area contributed by atoms with Crippen molar-refractivity contribution >= 4 is 21.6 Å². The van der Waals surface area contributed by atoms with Gasteiger partial charge in [-0.3, -0.25) is 9.78 Å². The third-order valence-corrected chi connectivity index (χ3v) is 10.4. The van der Waals surface area contributed by atoms with Crippen LogP contribution in [0.3, 0.4) is 0 Å². The highest BCUT2D eigenvalue weighted by Gasteiger charge is 2.43. The number of carbonyl (C=O) groups excluding carboxylic acids is 1. The van der Waals surface area contributed by atoms with Gasteiger partial charge in [-0.15, -0.1) is 0 Å². The Morgan fingerprint density at radius 3 is 2.41 bits per heavy atom. The van der Waals surface area contributed by atoms with E-state index in [1.165, 1.54) is 6.07 Å². The molecule has 1 atom stereocenters. The lowest BCUT2D eigenvalue weighted by atomic mass is 9.77. The van der Waals surface area contributed by atoms with E-state index in [2.05, 4.69) is 14.6 Å². The highest BCUT2D eigenvalue weighted by molar-refractivity contribution is 7.89. The number of rotatable bonds is 5. The SMILES string of the molecule is O=C(c1ccc2c(c1)[C@H](NS(=O)(=O)c1ccccc1C(F)(F)F)CC2)N1CCC2(CCN(c3ccncc3)CC2)C1. The number of sulfonamides is 1. The van der Waals surface area contributed by atoms with Crippen LogP contribution in [0.4, 0.5) is 18.9 Å². The van der Waals surface area contributed by atoms with Crippen molar-refractivity contribution in [2.75, 3.05) is 31.1 Å². The second kappa shape index (κ2) is 10.4. The van der Waals surface area contributed by atoms with E-state index in [0.29, 0.717) is 37.1 Å². The number of likely N-dealkylation sites (tertiary alicyclic amines) is 1. The van der Waals surface area contributed by atoms with Crippen molar-refractivity contribution in [2.24, 2.45) is 5.41 Å². The highest BCUT2D eigenvalue weighted by Crippen LogP contribution is 2.42. The van der Waals surface area contributed by atoms with Crippen LogP contribution in [0.15, 0.2) is 71.9 Å². The number of alkyl halides is 3. The van der Waals surface area contributed by atoms with Crippen molar-refractivity contribution < 1.29 is 26.4 Å². The van der Waals surface area contributed by atoms with Gasteiger partial charge in [-0.1, -0.05) is 18.2 Å². The number of anilines is 1. The number of halogens is 3. The topological polar surface area (TPSA) is 82.6 Å². The molecule has 1 aromatic heterocycles. The number of hydrogen-bond acceptors (Lipinski definition) is 5. The van der Waals surface area contributed by atoms with Gasteiger partial charge in [-0.2, -0.15) is 13.2 Å². The number of nitrogens with one attached hydrogen (secondary N) is 1. The van der Waals surface area contributed by atoms with Gasteiger partial charge in [0, 0.05) is 55.9 Å². The molecular weight excluding hydrogens is 553 g/mol. The van der Waals surface area contributed by atoms with E-state index in [9.17, 15) is 26.4 Å². The van der Waals surface area contributed by atoms with Gasteiger partial charge in [0.25, 0.3) is 5.91 Å². The number of amides is 1. The zero-order chi connectivity index (χ0) is 28.8. The number of pyridine rings is 1. The smallest absolute Gasteiger partial charge is 0.371 e. The lowest BCUT2D eigenvalue weighted by molar-refractivity contribution is -0.139. The molecule has 1 spiro atoms. The first-order valence-electron chi connectivity index (χ1n) is 13.8. The summed E-state index contributed by atoms with van der Waals surface area (Å²) in [5.41, 5.74) is 2.04. The summed E-state index contributed by atoms with van der Waals surface area (Å²) in [6, 6.07) is 12.8. The molecule has 41 heavy (non-hydrogen) atoms. The Balaban J connectivity index is 1.15.